The van der Waals surface area contributed by atoms with Gasteiger partial charge in [0.05, 0.1) is 14.2 Å². The summed E-state index contributed by atoms with van der Waals surface area (Å²) >= 11 is 0. The van der Waals surface area contributed by atoms with Crippen molar-refractivity contribution in [2.24, 2.45) is 0 Å². The summed E-state index contributed by atoms with van der Waals surface area (Å²) < 4.78 is 39.4. The van der Waals surface area contributed by atoms with Crippen molar-refractivity contribution in [2.45, 2.75) is 23.9 Å². The van der Waals surface area contributed by atoms with E-state index in [9.17, 15) is 13.2 Å². The Balaban J connectivity index is 1.77. The van der Waals surface area contributed by atoms with Gasteiger partial charge in [0.2, 0.25) is 15.9 Å². The minimum absolute atomic E-state index is 0.0451. The molecule has 0 aromatic heterocycles. The van der Waals surface area contributed by atoms with E-state index in [4.69, 9.17) is 9.47 Å². The van der Waals surface area contributed by atoms with Crippen molar-refractivity contribution in [3.05, 3.63) is 83.9 Å². The highest BCUT2D eigenvalue weighted by Crippen LogP contribution is 2.35. The Bertz CT molecular complexity index is 1230. The number of rotatable bonds is 6. The Morgan fingerprint density at radius 1 is 0.938 bits per heavy atom. The molecule has 1 atom stereocenters. The molecule has 0 radical (unpaired) electrons. The van der Waals surface area contributed by atoms with Crippen LogP contribution in [0.15, 0.2) is 77.7 Å². The van der Waals surface area contributed by atoms with Gasteiger partial charge in [0, 0.05) is 18.3 Å². The fourth-order valence-corrected chi connectivity index (χ4v) is 5.57. The molecule has 0 aliphatic carbocycles. The third-order valence-electron chi connectivity index (χ3n) is 5.51. The van der Waals surface area contributed by atoms with E-state index in [0.717, 1.165) is 11.1 Å². The molecule has 32 heavy (non-hydrogen) atoms. The Morgan fingerprint density at radius 2 is 1.62 bits per heavy atom. The summed E-state index contributed by atoms with van der Waals surface area (Å²) in [7, 11) is -1.23. The number of para-hydroxylation sites is 1. The summed E-state index contributed by atoms with van der Waals surface area (Å²) in [5.41, 5.74) is 2.42. The number of nitrogens with zero attached hydrogens (tertiary/aromatic N) is 1. The molecule has 1 aliphatic rings. The average Bonchev–Trinajstić information content (AvgIpc) is 2.83. The minimum Gasteiger partial charge on any atom is -0.497 e. The number of hydrogen-bond donors (Lipinski definition) is 1. The minimum atomic E-state index is -4.10. The van der Waals surface area contributed by atoms with Crippen molar-refractivity contribution in [2.75, 3.05) is 19.5 Å². The van der Waals surface area contributed by atoms with Crippen LogP contribution in [-0.4, -0.2) is 38.9 Å². The number of hydrogen-bond acceptors (Lipinski definition) is 5. The van der Waals surface area contributed by atoms with Crippen LogP contribution >= 0.6 is 0 Å². The first-order valence-electron chi connectivity index (χ1n) is 10.1. The van der Waals surface area contributed by atoms with Crippen LogP contribution in [0, 0.1) is 0 Å². The predicted octanol–water partition coefficient (Wildman–Crippen LogP) is 3.46. The Labute approximate surface area is 187 Å². The number of carbonyl (C=O) groups is 1. The molecule has 1 aliphatic heterocycles. The first-order chi connectivity index (χ1) is 15.4. The lowest BCUT2D eigenvalue weighted by Crippen LogP contribution is -2.50. The van der Waals surface area contributed by atoms with E-state index in [0.29, 0.717) is 11.4 Å². The van der Waals surface area contributed by atoms with Crippen LogP contribution in [0.4, 0.5) is 5.69 Å². The molecule has 1 N–H and O–H groups in total. The second kappa shape index (κ2) is 9.02. The molecular formula is C24H24N2O5S. The largest absolute Gasteiger partial charge is 0.497 e. The first-order valence-corrected chi connectivity index (χ1v) is 11.5. The molecule has 4 rings (SSSR count). The predicted molar refractivity (Wildman–Crippen MR) is 121 cm³/mol. The molecule has 7 nitrogen and oxygen atoms in total. The number of anilines is 1. The van der Waals surface area contributed by atoms with Gasteiger partial charge in [0.25, 0.3) is 0 Å². The van der Waals surface area contributed by atoms with Crippen LogP contribution in [0.3, 0.4) is 0 Å². The fourth-order valence-electron chi connectivity index (χ4n) is 3.83. The molecule has 3 aromatic rings. The standard InChI is InChI=1S/C24H24N2O5S/c1-30-20-12-13-22(31-2)23(15-20)32(28,29)26-16-18-9-7-6-8-17(18)14-21(26)24(27)25-19-10-4-3-5-11-19/h3-13,15,21H,14,16H2,1-2H3,(H,25,27). The van der Waals surface area contributed by atoms with Crippen LogP contribution in [0.2, 0.25) is 0 Å². The van der Waals surface area contributed by atoms with Gasteiger partial charge < -0.3 is 14.8 Å². The summed E-state index contributed by atoms with van der Waals surface area (Å²) in [6.45, 7) is 0.0751. The molecule has 0 fully saturated rings. The zero-order chi connectivity index (χ0) is 22.7. The molecule has 8 heteroatoms. The maximum Gasteiger partial charge on any atom is 0.247 e. The normalized spacial score (nSPS) is 16.1. The van der Waals surface area contributed by atoms with Crippen LogP contribution in [0.1, 0.15) is 11.1 Å². The second-order valence-corrected chi connectivity index (χ2v) is 9.27. The molecular weight excluding hydrogens is 428 g/mol. The third kappa shape index (κ3) is 4.19. The maximum atomic E-state index is 13.8. The van der Waals surface area contributed by atoms with E-state index >= 15 is 0 Å². The summed E-state index contributed by atoms with van der Waals surface area (Å²) in [5.74, 6) is 0.176. The van der Waals surface area contributed by atoms with Crippen LogP contribution < -0.4 is 14.8 Å². The zero-order valence-electron chi connectivity index (χ0n) is 17.8. The summed E-state index contributed by atoms with van der Waals surface area (Å²) in [4.78, 5) is 13.2. The van der Waals surface area contributed by atoms with Gasteiger partial charge in [-0.3, -0.25) is 4.79 Å². The lowest BCUT2D eigenvalue weighted by Gasteiger charge is -2.35. The molecule has 1 unspecified atom stereocenters. The maximum absolute atomic E-state index is 13.8. The van der Waals surface area contributed by atoms with E-state index < -0.39 is 22.0 Å². The first kappa shape index (κ1) is 21.9. The topological polar surface area (TPSA) is 84.9 Å². The zero-order valence-corrected chi connectivity index (χ0v) is 18.6. The van der Waals surface area contributed by atoms with Gasteiger partial charge in [0.15, 0.2) is 0 Å². The molecule has 1 heterocycles. The van der Waals surface area contributed by atoms with Crippen molar-refractivity contribution in [1.29, 1.82) is 0 Å². The summed E-state index contributed by atoms with van der Waals surface area (Å²) in [5, 5.41) is 2.85. The van der Waals surface area contributed by atoms with E-state index in [-0.39, 0.29) is 23.6 Å². The highest BCUT2D eigenvalue weighted by Gasteiger charge is 2.41. The van der Waals surface area contributed by atoms with E-state index in [2.05, 4.69) is 5.32 Å². The number of carbonyl (C=O) groups excluding carboxylic acids is 1. The van der Waals surface area contributed by atoms with Crippen LogP contribution in [0.5, 0.6) is 11.5 Å². The third-order valence-corrected chi connectivity index (χ3v) is 7.38. The monoisotopic (exact) mass is 452 g/mol. The average molecular weight is 453 g/mol. The van der Waals surface area contributed by atoms with Gasteiger partial charge in [-0.05, 0) is 41.8 Å². The molecule has 166 valence electrons. The van der Waals surface area contributed by atoms with Gasteiger partial charge in [-0.2, -0.15) is 4.31 Å². The van der Waals surface area contributed by atoms with Crippen molar-refractivity contribution >= 4 is 21.6 Å². The Morgan fingerprint density at radius 3 is 2.31 bits per heavy atom. The van der Waals surface area contributed by atoms with E-state index in [1.807, 2.05) is 30.3 Å². The van der Waals surface area contributed by atoms with Gasteiger partial charge in [-0.1, -0.05) is 42.5 Å². The number of benzene rings is 3. The molecule has 0 spiro atoms. The SMILES string of the molecule is COc1ccc(OC)c(S(=O)(=O)N2Cc3ccccc3CC2C(=O)Nc2ccccc2)c1. The Kier molecular flexibility index (Phi) is 6.16. The Hall–Kier alpha value is -3.36. The lowest BCUT2D eigenvalue weighted by atomic mass is 9.95. The van der Waals surface area contributed by atoms with Crippen molar-refractivity contribution in [3.8, 4) is 11.5 Å². The number of amides is 1. The van der Waals surface area contributed by atoms with Crippen molar-refractivity contribution in [3.63, 3.8) is 0 Å². The number of ether oxygens (including phenoxy) is 2. The number of sulfonamides is 1. The smallest absolute Gasteiger partial charge is 0.247 e. The van der Waals surface area contributed by atoms with Crippen molar-refractivity contribution < 1.29 is 22.7 Å². The molecule has 3 aromatic carbocycles. The number of nitrogens with one attached hydrogen (secondary N) is 1. The lowest BCUT2D eigenvalue weighted by molar-refractivity contribution is -0.120. The van der Waals surface area contributed by atoms with Gasteiger partial charge in [0.1, 0.15) is 22.4 Å². The van der Waals surface area contributed by atoms with E-state index in [1.165, 1.54) is 24.6 Å². The van der Waals surface area contributed by atoms with Gasteiger partial charge in [-0.15, -0.1) is 0 Å². The quantitative estimate of drug-likeness (QED) is 0.619. The van der Waals surface area contributed by atoms with Gasteiger partial charge in [-0.25, -0.2) is 8.42 Å². The van der Waals surface area contributed by atoms with Gasteiger partial charge >= 0.3 is 0 Å². The summed E-state index contributed by atoms with van der Waals surface area (Å²) in [6.07, 6.45) is 0.264. The molecule has 0 bridgehead atoms. The fraction of sp³-hybridized carbons (Fsp3) is 0.208. The highest BCUT2D eigenvalue weighted by atomic mass is 32.2. The molecule has 0 saturated heterocycles. The molecule has 1 amide bonds. The highest BCUT2D eigenvalue weighted by molar-refractivity contribution is 7.89. The molecule has 0 saturated carbocycles. The van der Waals surface area contributed by atoms with E-state index in [1.54, 1.807) is 36.4 Å². The van der Waals surface area contributed by atoms with Crippen LogP contribution in [0.25, 0.3) is 0 Å². The second-order valence-electron chi connectivity index (χ2n) is 7.41. The summed E-state index contributed by atoms with van der Waals surface area (Å²) in [6, 6.07) is 20.2. The van der Waals surface area contributed by atoms with Crippen LogP contribution in [-0.2, 0) is 27.8 Å². The number of methoxy groups -OCH3 is 2. The number of fused-ring (bicyclic) bond motifs is 1. The van der Waals surface area contributed by atoms with Crippen molar-refractivity contribution in [1.82, 2.24) is 4.31 Å².